The SMILES string of the molecule is COCc1cc(C2SCC(=O)Nc3c2c(=O)[nH]n3C2CCOC(C)(C)C2)ccc1OC. The molecule has 0 saturated carbocycles. The molecule has 2 N–H and O–H groups in total. The Kier molecular flexibility index (Phi) is 6.18. The van der Waals surface area contributed by atoms with Crippen LogP contribution in [-0.2, 0) is 20.9 Å². The van der Waals surface area contributed by atoms with Crippen LogP contribution in [0.1, 0.15) is 54.7 Å². The zero-order valence-corrected chi connectivity index (χ0v) is 19.1. The van der Waals surface area contributed by atoms with Crippen LogP contribution in [0.25, 0.3) is 0 Å². The summed E-state index contributed by atoms with van der Waals surface area (Å²) in [6.45, 7) is 5.10. The van der Waals surface area contributed by atoms with Crippen molar-refractivity contribution >= 4 is 23.5 Å². The Labute approximate surface area is 185 Å². The van der Waals surface area contributed by atoms with Crippen LogP contribution < -0.4 is 15.6 Å². The minimum absolute atomic E-state index is 0.0455. The quantitative estimate of drug-likeness (QED) is 0.731. The number of carbonyl (C=O) groups excluding carboxylic acids is 1. The van der Waals surface area contributed by atoms with E-state index in [1.165, 1.54) is 11.8 Å². The van der Waals surface area contributed by atoms with E-state index in [2.05, 4.69) is 10.4 Å². The molecule has 2 unspecified atom stereocenters. The first-order chi connectivity index (χ1) is 14.8. The number of carbonyl (C=O) groups is 1. The van der Waals surface area contributed by atoms with Gasteiger partial charge in [-0.2, -0.15) is 0 Å². The summed E-state index contributed by atoms with van der Waals surface area (Å²) in [5.74, 6) is 1.45. The van der Waals surface area contributed by atoms with Crippen LogP contribution in [-0.4, -0.2) is 47.9 Å². The highest BCUT2D eigenvalue weighted by molar-refractivity contribution is 8.00. The molecule has 0 bridgehead atoms. The number of ether oxygens (including phenoxy) is 3. The van der Waals surface area contributed by atoms with Crippen molar-refractivity contribution in [3.05, 3.63) is 45.2 Å². The number of H-pyrrole nitrogens is 1. The van der Waals surface area contributed by atoms with E-state index in [4.69, 9.17) is 14.2 Å². The molecule has 4 rings (SSSR count). The van der Waals surface area contributed by atoms with E-state index < -0.39 is 0 Å². The molecule has 1 saturated heterocycles. The topological polar surface area (TPSA) is 94.6 Å². The summed E-state index contributed by atoms with van der Waals surface area (Å²) in [7, 11) is 3.25. The third kappa shape index (κ3) is 4.40. The van der Waals surface area contributed by atoms with Gasteiger partial charge < -0.3 is 19.5 Å². The number of aromatic amines is 1. The maximum Gasteiger partial charge on any atom is 0.270 e. The number of fused-ring (bicyclic) bond motifs is 1. The Morgan fingerprint density at radius 2 is 2.10 bits per heavy atom. The molecule has 8 nitrogen and oxygen atoms in total. The number of amides is 1. The molecule has 9 heteroatoms. The van der Waals surface area contributed by atoms with E-state index in [0.717, 1.165) is 29.7 Å². The molecule has 2 atom stereocenters. The van der Waals surface area contributed by atoms with Crippen LogP contribution in [0.15, 0.2) is 23.0 Å². The lowest BCUT2D eigenvalue weighted by molar-refractivity contribution is -0.113. The number of rotatable bonds is 5. The second-order valence-corrected chi connectivity index (χ2v) is 9.66. The molecule has 1 aromatic carbocycles. The van der Waals surface area contributed by atoms with Gasteiger partial charge in [-0.3, -0.25) is 19.4 Å². The Balaban J connectivity index is 1.79. The highest BCUT2D eigenvalue weighted by atomic mass is 32.2. The van der Waals surface area contributed by atoms with Gasteiger partial charge in [-0.25, -0.2) is 0 Å². The first-order valence-corrected chi connectivity index (χ1v) is 11.4. The van der Waals surface area contributed by atoms with Crippen LogP contribution >= 0.6 is 11.8 Å². The van der Waals surface area contributed by atoms with E-state index in [9.17, 15) is 9.59 Å². The maximum atomic E-state index is 13.1. The van der Waals surface area contributed by atoms with E-state index in [1.54, 1.807) is 14.2 Å². The van der Waals surface area contributed by atoms with Gasteiger partial charge in [0.25, 0.3) is 5.56 Å². The summed E-state index contributed by atoms with van der Waals surface area (Å²) >= 11 is 1.45. The number of thioether (sulfide) groups is 1. The van der Waals surface area contributed by atoms with Crippen LogP contribution in [0.3, 0.4) is 0 Å². The molecule has 0 aliphatic carbocycles. The molecule has 1 fully saturated rings. The zero-order valence-electron chi connectivity index (χ0n) is 18.3. The molecule has 2 aliphatic heterocycles. The normalized spacial score (nSPS) is 23.0. The van der Waals surface area contributed by atoms with E-state index in [1.807, 2.05) is 36.7 Å². The fourth-order valence-electron chi connectivity index (χ4n) is 4.43. The Morgan fingerprint density at radius 3 is 2.81 bits per heavy atom. The predicted molar refractivity (Wildman–Crippen MR) is 120 cm³/mol. The summed E-state index contributed by atoms with van der Waals surface area (Å²) in [5, 5.41) is 5.70. The van der Waals surface area contributed by atoms with E-state index in [-0.39, 0.29) is 34.1 Å². The van der Waals surface area contributed by atoms with Crippen molar-refractivity contribution in [2.45, 2.75) is 50.2 Å². The first-order valence-electron chi connectivity index (χ1n) is 10.4. The molecule has 2 aliphatic rings. The Hall–Kier alpha value is -2.23. The van der Waals surface area contributed by atoms with Gasteiger partial charge in [0, 0.05) is 19.3 Å². The van der Waals surface area contributed by atoms with E-state index >= 15 is 0 Å². The van der Waals surface area contributed by atoms with Gasteiger partial charge in [0.05, 0.1) is 41.9 Å². The number of anilines is 1. The van der Waals surface area contributed by atoms with Crippen molar-refractivity contribution in [3.63, 3.8) is 0 Å². The molecule has 31 heavy (non-hydrogen) atoms. The summed E-state index contributed by atoms with van der Waals surface area (Å²) < 4.78 is 18.4. The number of aromatic nitrogens is 2. The summed E-state index contributed by atoms with van der Waals surface area (Å²) in [6.07, 6.45) is 1.52. The highest BCUT2D eigenvalue weighted by Crippen LogP contribution is 2.43. The van der Waals surface area contributed by atoms with Crippen LogP contribution in [0.5, 0.6) is 5.75 Å². The number of nitrogens with one attached hydrogen (secondary N) is 2. The lowest BCUT2D eigenvalue weighted by atomic mass is 9.94. The highest BCUT2D eigenvalue weighted by Gasteiger charge is 2.36. The largest absolute Gasteiger partial charge is 0.496 e. The number of hydrogen-bond donors (Lipinski definition) is 2. The van der Waals surface area contributed by atoms with Crippen molar-refractivity contribution < 1.29 is 19.0 Å². The van der Waals surface area contributed by atoms with Crippen LogP contribution in [0.4, 0.5) is 5.82 Å². The van der Waals surface area contributed by atoms with E-state index in [0.29, 0.717) is 24.6 Å². The molecule has 1 amide bonds. The van der Waals surface area contributed by atoms with Gasteiger partial charge in [-0.05, 0) is 44.4 Å². The van der Waals surface area contributed by atoms with Crippen LogP contribution in [0.2, 0.25) is 0 Å². The minimum atomic E-state index is -0.287. The molecule has 0 radical (unpaired) electrons. The van der Waals surface area contributed by atoms with Crippen molar-refractivity contribution in [2.24, 2.45) is 0 Å². The molecule has 0 spiro atoms. The van der Waals surface area contributed by atoms with Crippen LogP contribution in [0, 0.1) is 0 Å². The molecular weight excluding hydrogens is 418 g/mol. The smallest absolute Gasteiger partial charge is 0.270 e. The minimum Gasteiger partial charge on any atom is -0.496 e. The molecule has 1 aromatic heterocycles. The van der Waals surface area contributed by atoms with Crippen molar-refractivity contribution in [1.82, 2.24) is 9.78 Å². The summed E-state index contributed by atoms with van der Waals surface area (Å²) in [5.41, 5.74) is 1.95. The van der Waals surface area contributed by atoms with Crippen molar-refractivity contribution in [1.29, 1.82) is 0 Å². The number of methoxy groups -OCH3 is 2. The monoisotopic (exact) mass is 447 g/mol. The maximum absolute atomic E-state index is 13.1. The lowest BCUT2D eigenvalue weighted by Crippen LogP contribution is -2.36. The van der Waals surface area contributed by atoms with Crippen molar-refractivity contribution in [3.8, 4) is 5.75 Å². The summed E-state index contributed by atoms with van der Waals surface area (Å²) in [4.78, 5) is 25.7. The zero-order chi connectivity index (χ0) is 22.2. The number of hydrogen-bond acceptors (Lipinski definition) is 6. The lowest BCUT2D eigenvalue weighted by Gasteiger charge is -2.36. The molecule has 3 heterocycles. The standard InChI is InChI=1S/C22H29N3O5S/c1-22(2)10-15(7-8-30-22)25-20-18(21(27)24-25)19(31-12-17(26)23-20)13-5-6-16(29-4)14(9-13)11-28-3/h5-6,9,15,19H,7-8,10-12H2,1-4H3,(H,23,26)(H,24,27). The molecule has 168 valence electrons. The predicted octanol–water partition coefficient (Wildman–Crippen LogP) is 3.24. The average Bonchev–Trinajstić information content (AvgIpc) is 2.93. The number of nitrogens with zero attached hydrogens (tertiary/aromatic N) is 1. The van der Waals surface area contributed by atoms with Crippen molar-refractivity contribution in [2.75, 3.05) is 31.9 Å². The average molecular weight is 448 g/mol. The second kappa shape index (κ2) is 8.72. The number of benzene rings is 1. The first kappa shape index (κ1) is 22.0. The Morgan fingerprint density at radius 1 is 1.29 bits per heavy atom. The molecular formula is C22H29N3O5S. The van der Waals surface area contributed by atoms with Gasteiger partial charge in [0.2, 0.25) is 5.91 Å². The fourth-order valence-corrected chi connectivity index (χ4v) is 5.55. The molecule has 2 aromatic rings. The third-order valence-electron chi connectivity index (χ3n) is 5.81. The third-order valence-corrected chi connectivity index (χ3v) is 7.08. The summed E-state index contributed by atoms with van der Waals surface area (Å²) in [6, 6.07) is 5.87. The van der Waals surface area contributed by atoms with Gasteiger partial charge in [0.1, 0.15) is 11.6 Å². The Bertz CT molecular complexity index is 1030. The van der Waals surface area contributed by atoms with Gasteiger partial charge in [0.15, 0.2) is 0 Å². The fraction of sp³-hybridized carbons (Fsp3) is 0.545. The van der Waals surface area contributed by atoms with Gasteiger partial charge in [-0.15, -0.1) is 11.8 Å². The van der Waals surface area contributed by atoms with Gasteiger partial charge >= 0.3 is 0 Å². The second-order valence-electron chi connectivity index (χ2n) is 8.57. The van der Waals surface area contributed by atoms with Gasteiger partial charge in [-0.1, -0.05) is 6.07 Å².